The van der Waals surface area contributed by atoms with Gasteiger partial charge in [0.15, 0.2) is 0 Å². The van der Waals surface area contributed by atoms with E-state index in [1.54, 1.807) is 44.5 Å². The Hall–Kier alpha value is -3.29. The second-order valence-electron chi connectivity index (χ2n) is 5.41. The van der Waals surface area contributed by atoms with Gasteiger partial charge in [0.05, 0.1) is 18.6 Å². The zero-order chi connectivity index (χ0) is 18.9. The van der Waals surface area contributed by atoms with Gasteiger partial charge in [-0.3, -0.25) is 14.9 Å². The predicted molar refractivity (Wildman–Crippen MR) is 98.1 cm³/mol. The second-order valence-corrected chi connectivity index (χ2v) is 5.41. The van der Waals surface area contributed by atoms with Gasteiger partial charge in [-0.15, -0.1) is 0 Å². The summed E-state index contributed by atoms with van der Waals surface area (Å²) in [4.78, 5) is 22.6. The van der Waals surface area contributed by atoms with Crippen LogP contribution in [0.5, 0.6) is 11.5 Å². The van der Waals surface area contributed by atoms with Gasteiger partial charge >= 0.3 is 0 Å². The lowest BCUT2D eigenvalue weighted by molar-refractivity contribution is -0.384. The number of non-ortho nitro benzene ring substituents is 1. The first-order valence-corrected chi connectivity index (χ1v) is 8.06. The summed E-state index contributed by atoms with van der Waals surface area (Å²) in [5.41, 5.74) is 0.608. The first kappa shape index (κ1) is 19.0. The summed E-state index contributed by atoms with van der Waals surface area (Å²) in [6, 6.07) is 11.4. The van der Waals surface area contributed by atoms with Crippen LogP contribution in [-0.2, 0) is 0 Å². The van der Waals surface area contributed by atoms with Crippen molar-refractivity contribution in [3.63, 3.8) is 0 Å². The van der Waals surface area contributed by atoms with Crippen molar-refractivity contribution in [3.05, 3.63) is 58.1 Å². The van der Waals surface area contributed by atoms with E-state index in [1.165, 1.54) is 12.1 Å². The zero-order valence-corrected chi connectivity index (χ0v) is 14.7. The number of benzene rings is 2. The number of nitrogens with one attached hydrogen (secondary N) is 2. The summed E-state index contributed by atoms with van der Waals surface area (Å²) >= 11 is 0. The molecule has 0 bridgehead atoms. The topological polar surface area (TPSA) is 103 Å². The summed E-state index contributed by atoms with van der Waals surface area (Å²) in [7, 11) is 3.23. The van der Waals surface area contributed by atoms with Gasteiger partial charge in [-0.1, -0.05) is 0 Å². The highest BCUT2D eigenvalue weighted by Crippen LogP contribution is 2.20. The highest BCUT2D eigenvalue weighted by molar-refractivity contribution is 5.95. The third-order valence-electron chi connectivity index (χ3n) is 3.61. The van der Waals surface area contributed by atoms with Gasteiger partial charge in [-0.2, -0.15) is 0 Å². The van der Waals surface area contributed by atoms with E-state index in [1.807, 2.05) is 0 Å². The van der Waals surface area contributed by atoms with Gasteiger partial charge < -0.3 is 20.1 Å². The average Bonchev–Trinajstić information content (AvgIpc) is 2.67. The van der Waals surface area contributed by atoms with Crippen LogP contribution in [0.1, 0.15) is 16.8 Å². The molecule has 2 aromatic carbocycles. The van der Waals surface area contributed by atoms with Crippen molar-refractivity contribution >= 4 is 17.3 Å². The van der Waals surface area contributed by atoms with Crippen LogP contribution in [0, 0.1) is 10.1 Å². The monoisotopic (exact) mass is 359 g/mol. The Balaban J connectivity index is 1.81. The molecule has 8 nitrogen and oxygen atoms in total. The van der Waals surface area contributed by atoms with Gasteiger partial charge in [-0.05, 0) is 36.8 Å². The van der Waals surface area contributed by atoms with Crippen LogP contribution < -0.4 is 20.1 Å². The SMILES string of the molecule is CNc1cc(C(=O)NCCCOc2ccc(OC)cc2)cc([N+](=O)[O-])c1. The molecule has 0 saturated heterocycles. The molecule has 0 aliphatic heterocycles. The van der Waals surface area contributed by atoms with Crippen molar-refractivity contribution in [2.24, 2.45) is 0 Å². The Morgan fingerprint density at radius 3 is 2.46 bits per heavy atom. The van der Waals surface area contributed by atoms with Crippen molar-refractivity contribution < 1.29 is 19.2 Å². The molecule has 2 rings (SSSR count). The lowest BCUT2D eigenvalue weighted by Gasteiger charge is -2.09. The van der Waals surface area contributed by atoms with E-state index in [4.69, 9.17) is 9.47 Å². The molecule has 2 N–H and O–H groups in total. The molecular formula is C18H21N3O5. The lowest BCUT2D eigenvalue weighted by atomic mass is 10.1. The molecule has 0 aliphatic rings. The van der Waals surface area contributed by atoms with Crippen molar-refractivity contribution in [3.8, 4) is 11.5 Å². The maximum Gasteiger partial charge on any atom is 0.272 e. The van der Waals surface area contributed by atoms with E-state index < -0.39 is 4.92 Å². The molecule has 1 amide bonds. The van der Waals surface area contributed by atoms with Gasteiger partial charge in [-0.25, -0.2) is 0 Å². The number of amides is 1. The van der Waals surface area contributed by atoms with Gasteiger partial charge in [0.25, 0.3) is 11.6 Å². The first-order valence-electron chi connectivity index (χ1n) is 8.06. The Kier molecular flexibility index (Phi) is 6.78. The van der Waals surface area contributed by atoms with Crippen molar-refractivity contribution in [1.29, 1.82) is 0 Å². The fourth-order valence-corrected chi connectivity index (χ4v) is 2.23. The molecule has 0 fully saturated rings. The third-order valence-corrected chi connectivity index (χ3v) is 3.61. The number of carbonyl (C=O) groups is 1. The fourth-order valence-electron chi connectivity index (χ4n) is 2.23. The number of methoxy groups -OCH3 is 1. The van der Waals surface area contributed by atoms with E-state index in [-0.39, 0.29) is 17.2 Å². The predicted octanol–water partition coefficient (Wildman–Crippen LogP) is 2.84. The van der Waals surface area contributed by atoms with E-state index in [0.717, 1.165) is 11.5 Å². The number of hydrogen-bond acceptors (Lipinski definition) is 6. The molecule has 8 heteroatoms. The number of ether oxygens (including phenoxy) is 2. The summed E-state index contributed by atoms with van der Waals surface area (Å²) in [6.45, 7) is 0.829. The number of nitro groups is 1. The largest absolute Gasteiger partial charge is 0.497 e. The maximum atomic E-state index is 12.2. The molecular weight excluding hydrogens is 338 g/mol. The van der Waals surface area contributed by atoms with Crippen LogP contribution in [0.4, 0.5) is 11.4 Å². The Morgan fingerprint density at radius 1 is 1.15 bits per heavy atom. The van der Waals surface area contributed by atoms with E-state index in [0.29, 0.717) is 25.3 Å². The number of nitro benzene ring substituents is 1. The standard InChI is InChI=1S/C18H21N3O5/c1-19-14-10-13(11-15(12-14)21(23)24)18(22)20-8-3-9-26-17-6-4-16(25-2)5-7-17/h4-7,10-12,19H,3,8-9H2,1-2H3,(H,20,22). The average molecular weight is 359 g/mol. The molecule has 0 aliphatic carbocycles. The Morgan fingerprint density at radius 2 is 1.85 bits per heavy atom. The molecule has 138 valence electrons. The third kappa shape index (κ3) is 5.37. The molecule has 2 aromatic rings. The molecule has 0 aromatic heterocycles. The molecule has 0 radical (unpaired) electrons. The molecule has 0 unspecified atom stereocenters. The normalized spacial score (nSPS) is 10.1. The van der Waals surface area contributed by atoms with E-state index in [9.17, 15) is 14.9 Å². The molecule has 0 atom stereocenters. The van der Waals surface area contributed by atoms with Crippen LogP contribution in [0.2, 0.25) is 0 Å². The highest BCUT2D eigenvalue weighted by atomic mass is 16.6. The summed E-state index contributed by atoms with van der Waals surface area (Å²) < 4.78 is 10.6. The minimum Gasteiger partial charge on any atom is -0.497 e. The summed E-state index contributed by atoms with van der Waals surface area (Å²) in [5.74, 6) is 1.10. The molecule has 0 heterocycles. The number of hydrogen-bond donors (Lipinski definition) is 2. The number of anilines is 1. The molecule has 0 spiro atoms. The quantitative estimate of drug-likeness (QED) is 0.405. The maximum absolute atomic E-state index is 12.2. The van der Waals surface area contributed by atoms with Gasteiger partial charge in [0, 0.05) is 37.0 Å². The lowest BCUT2D eigenvalue weighted by Crippen LogP contribution is -2.25. The first-order chi connectivity index (χ1) is 12.5. The Labute approximate surface area is 151 Å². The van der Waals surface area contributed by atoms with Crippen molar-refractivity contribution in [2.75, 3.05) is 32.6 Å². The minimum absolute atomic E-state index is 0.134. The van der Waals surface area contributed by atoms with Crippen molar-refractivity contribution in [2.45, 2.75) is 6.42 Å². The van der Waals surface area contributed by atoms with Crippen LogP contribution in [0.15, 0.2) is 42.5 Å². The zero-order valence-electron chi connectivity index (χ0n) is 14.7. The second kappa shape index (κ2) is 9.26. The number of nitrogens with zero attached hydrogens (tertiary/aromatic N) is 1. The van der Waals surface area contributed by atoms with Crippen LogP contribution in [-0.4, -0.2) is 38.1 Å². The number of rotatable bonds is 9. The van der Waals surface area contributed by atoms with Gasteiger partial charge in [0.2, 0.25) is 0 Å². The summed E-state index contributed by atoms with van der Waals surface area (Å²) in [5, 5.41) is 16.5. The van der Waals surface area contributed by atoms with Crippen molar-refractivity contribution in [1.82, 2.24) is 5.32 Å². The fraction of sp³-hybridized carbons (Fsp3) is 0.278. The van der Waals surface area contributed by atoms with E-state index >= 15 is 0 Å². The smallest absolute Gasteiger partial charge is 0.272 e. The van der Waals surface area contributed by atoms with Crippen LogP contribution in [0.25, 0.3) is 0 Å². The van der Waals surface area contributed by atoms with Gasteiger partial charge in [0.1, 0.15) is 11.5 Å². The summed E-state index contributed by atoms with van der Waals surface area (Å²) in [6.07, 6.45) is 0.603. The van der Waals surface area contributed by atoms with Crippen LogP contribution >= 0.6 is 0 Å². The van der Waals surface area contributed by atoms with Crippen LogP contribution in [0.3, 0.4) is 0 Å². The number of carbonyl (C=O) groups excluding carboxylic acids is 1. The molecule has 0 saturated carbocycles. The minimum atomic E-state index is -0.527. The molecule has 26 heavy (non-hydrogen) atoms. The highest BCUT2D eigenvalue weighted by Gasteiger charge is 2.13. The van der Waals surface area contributed by atoms with E-state index in [2.05, 4.69) is 10.6 Å². The Bertz CT molecular complexity index is 762.